The van der Waals surface area contributed by atoms with Gasteiger partial charge in [-0.05, 0) is 25.7 Å². The van der Waals surface area contributed by atoms with Gasteiger partial charge in [0.2, 0.25) is 0 Å². The smallest absolute Gasteiger partial charge is 0.163 e. The molecular weight excluding hydrogens is 192 g/mol. The highest BCUT2D eigenvalue weighted by molar-refractivity contribution is 5.82. The lowest BCUT2D eigenvalue weighted by atomic mass is 10.0. The maximum absolute atomic E-state index is 11.6. The van der Waals surface area contributed by atoms with Crippen molar-refractivity contribution in [3.8, 4) is 0 Å². The molecule has 0 saturated carbocycles. The topological polar surface area (TPSA) is 35.5 Å². The molecule has 15 heavy (non-hydrogen) atoms. The summed E-state index contributed by atoms with van der Waals surface area (Å²) in [4.78, 5) is 11.6. The lowest BCUT2D eigenvalue weighted by molar-refractivity contribution is -0.129. The Balaban J connectivity index is 2.15. The molecule has 0 amide bonds. The third kappa shape index (κ3) is 4.76. The maximum Gasteiger partial charge on any atom is 0.163 e. The fourth-order valence-corrected chi connectivity index (χ4v) is 1.86. The number of ketones is 1. The molecule has 3 heteroatoms. The summed E-state index contributed by atoms with van der Waals surface area (Å²) in [7, 11) is 0. The van der Waals surface area contributed by atoms with Crippen LogP contribution in [0.1, 0.15) is 33.6 Å². The standard InChI is InChI=1S/C12H22O3/c1-9(2)6-10(3)15-8-12(13)11-4-5-14-7-11/h9-11H,4-8H2,1-3H3. The van der Waals surface area contributed by atoms with Gasteiger partial charge in [-0.1, -0.05) is 13.8 Å². The van der Waals surface area contributed by atoms with Crippen molar-refractivity contribution in [3.63, 3.8) is 0 Å². The highest BCUT2D eigenvalue weighted by Crippen LogP contribution is 2.14. The normalized spacial score (nSPS) is 23.3. The first kappa shape index (κ1) is 12.7. The van der Waals surface area contributed by atoms with Gasteiger partial charge in [0.15, 0.2) is 5.78 Å². The van der Waals surface area contributed by atoms with Gasteiger partial charge >= 0.3 is 0 Å². The predicted molar refractivity (Wildman–Crippen MR) is 58.8 cm³/mol. The van der Waals surface area contributed by atoms with Gasteiger partial charge in [-0.25, -0.2) is 0 Å². The minimum atomic E-state index is 0.0799. The number of carbonyl (C=O) groups is 1. The van der Waals surface area contributed by atoms with Crippen LogP contribution in [-0.2, 0) is 14.3 Å². The molecule has 1 aliphatic rings. The molecule has 1 heterocycles. The van der Waals surface area contributed by atoms with Crippen LogP contribution in [0.3, 0.4) is 0 Å². The summed E-state index contributed by atoms with van der Waals surface area (Å²) >= 11 is 0. The third-order valence-corrected chi connectivity index (χ3v) is 2.70. The van der Waals surface area contributed by atoms with E-state index in [2.05, 4.69) is 13.8 Å². The van der Waals surface area contributed by atoms with E-state index in [1.165, 1.54) is 0 Å². The molecule has 1 aliphatic heterocycles. The van der Waals surface area contributed by atoms with Crippen molar-refractivity contribution in [2.45, 2.75) is 39.7 Å². The Morgan fingerprint density at radius 2 is 2.20 bits per heavy atom. The van der Waals surface area contributed by atoms with Crippen molar-refractivity contribution in [3.05, 3.63) is 0 Å². The van der Waals surface area contributed by atoms with Crippen molar-refractivity contribution in [1.82, 2.24) is 0 Å². The van der Waals surface area contributed by atoms with E-state index in [0.29, 0.717) is 12.5 Å². The van der Waals surface area contributed by atoms with Crippen LogP contribution in [0.4, 0.5) is 0 Å². The van der Waals surface area contributed by atoms with Gasteiger partial charge < -0.3 is 9.47 Å². The van der Waals surface area contributed by atoms with Gasteiger partial charge in [0.05, 0.1) is 12.7 Å². The molecule has 0 spiro atoms. The summed E-state index contributed by atoms with van der Waals surface area (Å²) in [6.45, 7) is 7.90. The third-order valence-electron chi connectivity index (χ3n) is 2.70. The molecule has 0 bridgehead atoms. The highest BCUT2D eigenvalue weighted by atomic mass is 16.5. The number of hydrogen-bond donors (Lipinski definition) is 0. The number of ether oxygens (including phenoxy) is 2. The molecule has 88 valence electrons. The fraction of sp³-hybridized carbons (Fsp3) is 0.917. The summed E-state index contributed by atoms with van der Waals surface area (Å²) in [5.74, 6) is 0.893. The summed E-state index contributed by atoms with van der Waals surface area (Å²) < 4.78 is 10.7. The summed E-state index contributed by atoms with van der Waals surface area (Å²) in [6, 6.07) is 0. The first-order valence-electron chi connectivity index (χ1n) is 5.81. The van der Waals surface area contributed by atoms with Crippen molar-refractivity contribution >= 4 is 5.78 Å². The van der Waals surface area contributed by atoms with Crippen LogP contribution in [-0.4, -0.2) is 31.7 Å². The van der Waals surface area contributed by atoms with Crippen molar-refractivity contribution in [2.24, 2.45) is 11.8 Å². The SMILES string of the molecule is CC(C)CC(C)OCC(=O)C1CCOC1. The monoisotopic (exact) mass is 214 g/mol. The van der Waals surface area contributed by atoms with Crippen LogP contribution in [0, 0.1) is 11.8 Å². The maximum atomic E-state index is 11.6. The number of carbonyl (C=O) groups excluding carboxylic acids is 1. The Morgan fingerprint density at radius 1 is 1.47 bits per heavy atom. The molecule has 0 radical (unpaired) electrons. The van der Waals surface area contributed by atoms with E-state index >= 15 is 0 Å². The molecule has 0 aromatic carbocycles. The van der Waals surface area contributed by atoms with Crippen molar-refractivity contribution in [2.75, 3.05) is 19.8 Å². The fourth-order valence-electron chi connectivity index (χ4n) is 1.86. The van der Waals surface area contributed by atoms with Crippen LogP contribution in [0.25, 0.3) is 0 Å². The molecule has 1 saturated heterocycles. The number of hydrogen-bond acceptors (Lipinski definition) is 3. The molecule has 0 aliphatic carbocycles. The predicted octanol–water partition coefficient (Wildman–Crippen LogP) is 2.04. The number of Topliss-reactive ketones (excluding diaryl/α,β-unsaturated/α-hetero) is 1. The molecule has 2 unspecified atom stereocenters. The van der Waals surface area contributed by atoms with E-state index < -0.39 is 0 Å². The summed E-state index contributed by atoms with van der Waals surface area (Å²) in [5.41, 5.74) is 0. The average Bonchev–Trinajstić information content (AvgIpc) is 2.65. The summed E-state index contributed by atoms with van der Waals surface area (Å²) in [5, 5.41) is 0. The van der Waals surface area contributed by atoms with Gasteiger partial charge in [-0.2, -0.15) is 0 Å². The van der Waals surface area contributed by atoms with E-state index in [-0.39, 0.29) is 24.4 Å². The van der Waals surface area contributed by atoms with Crippen molar-refractivity contribution < 1.29 is 14.3 Å². The van der Waals surface area contributed by atoms with E-state index in [4.69, 9.17) is 9.47 Å². The zero-order valence-electron chi connectivity index (χ0n) is 9.99. The van der Waals surface area contributed by atoms with Crippen LogP contribution < -0.4 is 0 Å². The Morgan fingerprint density at radius 3 is 2.73 bits per heavy atom. The van der Waals surface area contributed by atoms with Gasteiger partial charge in [0, 0.05) is 12.5 Å². The zero-order chi connectivity index (χ0) is 11.3. The van der Waals surface area contributed by atoms with E-state index in [1.54, 1.807) is 0 Å². The van der Waals surface area contributed by atoms with E-state index in [0.717, 1.165) is 19.4 Å². The quantitative estimate of drug-likeness (QED) is 0.678. The number of rotatable bonds is 6. The first-order valence-corrected chi connectivity index (χ1v) is 5.81. The van der Waals surface area contributed by atoms with Crippen LogP contribution >= 0.6 is 0 Å². The zero-order valence-corrected chi connectivity index (χ0v) is 9.99. The Kier molecular flexibility index (Phi) is 5.26. The van der Waals surface area contributed by atoms with Crippen LogP contribution in [0.2, 0.25) is 0 Å². The second kappa shape index (κ2) is 6.23. The molecular formula is C12H22O3. The van der Waals surface area contributed by atoms with E-state index in [1.807, 2.05) is 6.92 Å². The van der Waals surface area contributed by atoms with Gasteiger partial charge in [-0.3, -0.25) is 4.79 Å². The van der Waals surface area contributed by atoms with Crippen molar-refractivity contribution in [1.29, 1.82) is 0 Å². The molecule has 3 nitrogen and oxygen atoms in total. The molecule has 1 fully saturated rings. The molecule has 0 aromatic rings. The van der Waals surface area contributed by atoms with Gasteiger partial charge in [0.25, 0.3) is 0 Å². The molecule has 1 rings (SSSR count). The molecule has 0 N–H and O–H groups in total. The Bertz CT molecular complexity index is 195. The lowest BCUT2D eigenvalue weighted by Crippen LogP contribution is -2.23. The van der Waals surface area contributed by atoms with Gasteiger partial charge in [-0.15, -0.1) is 0 Å². The Hall–Kier alpha value is -0.410. The average molecular weight is 214 g/mol. The second-order valence-electron chi connectivity index (χ2n) is 4.78. The van der Waals surface area contributed by atoms with Gasteiger partial charge in [0.1, 0.15) is 6.61 Å². The van der Waals surface area contributed by atoms with Crippen LogP contribution in [0.15, 0.2) is 0 Å². The van der Waals surface area contributed by atoms with E-state index in [9.17, 15) is 4.79 Å². The summed E-state index contributed by atoms with van der Waals surface area (Å²) in [6.07, 6.45) is 2.05. The van der Waals surface area contributed by atoms with Crippen LogP contribution in [0.5, 0.6) is 0 Å². The first-order chi connectivity index (χ1) is 7.09. The Labute approximate surface area is 92.1 Å². The minimum absolute atomic E-state index is 0.0799. The molecule has 2 atom stereocenters. The highest BCUT2D eigenvalue weighted by Gasteiger charge is 2.23. The minimum Gasteiger partial charge on any atom is -0.381 e. The second-order valence-corrected chi connectivity index (χ2v) is 4.78. The lowest BCUT2D eigenvalue weighted by Gasteiger charge is -2.15. The molecule has 0 aromatic heterocycles. The largest absolute Gasteiger partial charge is 0.381 e.